The maximum absolute atomic E-state index is 12.0. The third kappa shape index (κ3) is 2.60. The predicted molar refractivity (Wildman–Crippen MR) is 72.1 cm³/mol. The molecule has 4 nitrogen and oxygen atoms in total. The van der Waals surface area contributed by atoms with Crippen molar-refractivity contribution in [2.45, 2.75) is 25.8 Å². The van der Waals surface area contributed by atoms with E-state index in [1.54, 1.807) is 11.0 Å². The first-order chi connectivity index (χ1) is 8.63. The molecular weight excluding hydrogens is 252 g/mol. The summed E-state index contributed by atoms with van der Waals surface area (Å²) in [7, 11) is 0. The van der Waals surface area contributed by atoms with Crippen molar-refractivity contribution in [3.8, 4) is 0 Å². The number of hydrogen-bond acceptors (Lipinski definition) is 3. The van der Waals surface area contributed by atoms with E-state index >= 15 is 0 Å². The van der Waals surface area contributed by atoms with Gasteiger partial charge in [-0.3, -0.25) is 4.90 Å². The number of rotatable bonds is 3. The summed E-state index contributed by atoms with van der Waals surface area (Å²) in [6.45, 7) is 2.96. The fourth-order valence-corrected chi connectivity index (χ4v) is 2.40. The summed E-state index contributed by atoms with van der Waals surface area (Å²) in [4.78, 5) is 13.6. The van der Waals surface area contributed by atoms with E-state index in [-0.39, 0.29) is 12.1 Å². The molecule has 2 N–H and O–H groups in total. The molecule has 0 saturated carbocycles. The number of ether oxygens (including phenoxy) is 1. The highest BCUT2D eigenvalue weighted by Crippen LogP contribution is 2.30. The van der Waals surface area contributed by atoms with Crippen molar-refractivity contribution < 1.29 is 9.53 Å². The molecule has 1 aliphatic rings. The zero-order valence-electron chi connectivity index (χ0n) is 10.4. The first-order valence-corrected chi connectivity index (χ1v) is 6.43. The molecular formula is C13H17ClN2O2. The first-order valence-electron chi connectivity index (χ1n) is 6.05. The highest BCUT2D eigenvalue weighted by molar-refractivity contribution is 6.31. The van der Waals surface area contributed by atoms with E-state index in [2.05, 4.69) is 0 Å². The van der Waals surface area contributed by atoms with Gasteiger partial charge in [0, 0.05) is 17.5 Å². The highest BCUT2D eigenvalue weighted by Gasteiger charge is 2.31. The molecule has 0 spiro atoms. The van der Waals surface area contributed by atoms with Crippen LogP contribution in [0.5, 0.6) is 0 Å². The quantitative estimate of drug-likeness (QED) is 0.917. The van der Waals surface area contributed by atoms with Crippen LogP contribution < -0.4 is 10.6 Å². The van der Waals surface area contributed by atoms with Gasteiger partial charge in [-0.25, -0.2) is 4.79 Å². The van der Waals surface area contributed by atoms with Crippen LogP contribution >= 0.6 is 11.6 Å². The van der Waals surface area contributed by atoms with Gasteiger partial charge < -0.3 is 10.5 Å². The maximum atomic E-state index is 12.0. The molecule has 1 aromatic carbocycles. The third-order valence-corrected chi connectivity index (χ3v) is 3.40. The van der Waals surface area contributed by atoms with Crippen molar-refractivity contribution in [2.24, 2.45) is 5.73 Å². The van der Waals surface area contributed by atoms with Crippen molar-refractivity contribution in [3.05, 3.63) is 28.8 Å². The molecule has 1 aromatic rings. The van der Waals surface area contributed by atoms with Gasteiger partial charge in [0.2, 0.25) is 0 Å². The molecule has 18 heavy (non-hydrogen) atoms. The summed E-state index contributed by atoms with van der Waals surface area (Å²) in [6.07, 6.45) is 1.25. The second-order valence-corrected chi connectivity index (χ2v) is 4.87. The average molecular weight is 269 g/mol. The average Bonchev–Trinajstić information content (AvgIpc) is 2.34. The van der Waals surface area contributed by atoms with Gasteiger partial charge in [0.1, 0.15) is 0 Å². The zero-order valence-corrected chi connectivity index (χ0v) is 11.1. The number of anilines is 1. The number of carbonyl (C=O) groups is 1. The van der Waals surface area contributed by atoms with Gasteiger partial charge in [0.25, 0.3) is 0 Å². The van der Waals surface area contributed by atoms with E-state index in [1.807, 2.05) is 19.1 Å². The Labute approximate surface area is 112 Å². The fourth-order valence-electron chi connectivity index (χ4n) is 2.23. The number of halogens is 1. The Kier molecular flexibility index (Phi) is 4.09. The SMILES string of the molecule is Cc1ccc(Cl)cc1N1C(=O)OCCC1CCN. The van der Waals surface area contributed by atoms with Crippen molar-refractivity contribution in [2.75, 3.05) is 18.1 Å². The Morgan fingerprint density at radius 1 is 1.56 bits per heavy atom. The van der Waals surface area contributed by atoms with E-state index < -0.39 is 0 Å². The molecule has 1 atom stereocenters. The van der Waals surface area contributed by atoms with Gasteiger partial charge in [0.15, 0.2) is 0 Å². The molecule has 0 aromatic heterocycles. The lowest BCUT2D eigenvalue weighted by atomic mass is 10.1. The van der Waals surface area contributed by atoms with Gasteiger partial charge in [-0.05, 0) is 37.6 Å². The highest BCUT2D eigenvalue weighted by atomic mass is 35.5. The summed E-state index contributed by atoms with van der Waals surface area (Å²) >= 11 is 6.01. The summed E-state index contributed by atoms with van der Waals surface area (Å²) < 4.78 is 5.12. The number of nitrogens with two attached hydrogens (primary N) is 1. The largest absolute Gasteiger partial charge is 0.449 e. The molecule has 98 valence electrons. The molecule has 2 rings (SSSR count). The fraction of sp³-hybridized carbons (Fsp3) is 0.462. The molecule has 0 radical (unpaired) electrons. The Bertz CT molecular complexity index is 449. The number of benzene rings is 1. The maximum Gasteiger partial charge on any atom is 0.414 e. The minimum Gasteiger partial charge on any atom is -0.449 e. The lowest BCUT2D eigenvalue weighted by Gasteiger charge is -2.35. The summed E-state index contributed by atoms with van der Waals surface area (Å²) in [5, 5.41) is 0.612. The topological polar surface area (TPSA) is 55.6 Å². The predicted octanol–water partition coefficient (Wildman–Crippen LogP) is 2.71. The first kappa shape index (κ1) is 13.2. The third-order valence-electron chi connectivity index (χ3n) is 3.17. The lowest BCUT2D eigenvalue weighted by molar-refractivity contribution is 0.128. The molecule has 1 fully saturated rings. The smallest absolute Gasteiger partial charge is 0.414 e. The number of hydrogen-bond donors (Lipinski definition) is 1. The summed E-state index contributed by atoms with van der Waals surface area (Å²) in [5.74, 6) is 0. The molecule has 1 amide bonds. The minimum absolute atomic E-state index is 0.0911. The van der Waals surface area contributed by atoms with Crippen LogP contribution in [0.2, 0.25) is 5.02 Å². The van der Waals surface area contributed by atoms with Crippen LogP contribution in [0.15, 0.2) is 18.2 Å². The summed E-state index contributed by atoms with van der Waals surface area (Å²) in [5.41, 5.74) is 7.42. The Morgan fingerprint density at radius 3 is 3.06 bits per heavy atom. The van der Waals surface area contributed by atoms with Gasteiger partial charge in [-0.1, -0.05) is 17.7 Å². The van der Waals surface area contributed by atoms with Crippen molar-refractivity contribution in [1.82, 2.24) is 0 Å². The Balaban J connectivity index is 2.36. The standard InChI is InChI=1S/C13H17ClN2O2/c1-9-2-3-10(14)8-12(9)16-11(4-6-15)5-7-18-13(16)17/h2-3,8,11H,4-7,15H2,1H3. The van der Waals surface area contributed by atoms with E-state index in [0.29, 0.717) is 18.2 Å². The van der Waals surface area contributed by atoms with Crippen LogP contribution in [0.3, 0.4) is 0 Å². The van der Waals surface area contributed by atoms with Gasteiger partial charge in [-0.2, -0.15) is 0 Å². The molecule has 0 aliphatic carbocycles. The van der Waals surface area contributed by atoms with Crippen LogP contribution in [0.4, 0.5) is 10.5 Å². The number of aryl methyl sites for hydroxylation is 1. The lowest BCUT2D eigenvalue weighted by Crippen LogP contribution is -2.47. The Hall–Kier alpha value is -1.26. The second-order valence-electron chi connectivity index (χ2n) is 4.44. The van der Waals surface area contributed by atoms with E-state index in [1.165, 1.54) is 0 Å². The molecule has 1 heterocycles. The molecule has 1 aliphatic heterocycles. The monoisotopic (exact) mass is 268 g/mol. The van der Waals surface area contributed by atoms with Gasteiger partial charge in [0.05, 0.1) is 12.3 Å². The number of nitrogens with zero attached hydrogens (tertiary/aromatic N) is 1. The molecule has 1 unspecified atom stereocenters. The van der Waals surface area contributed by atoms with Crippen molar-refractivity contribution in [3.63, 3.8) is 0 Å². The zero-order chi connectivity index (χ0) is 13.1. The van der Waals surface area contributed by atoms with E-state index in [9.17, 15) is 4.79 Å². The van der Waals surface area contributed by atoms with Crippen molar-refractivity contribution >= 4 is 23.4 Å². The van der Waals surface area contributed by atoms with Crippen LogP contribution in [0.25, 0.3) is 0 Å². The second kappa shape index (κ2) is 5.59. The molecule has 0 bridgehead atoms. The molecule has 1 saturated heterocycles. The minimum atomic E-state index is -0.315. The van der Waals surface area contributed by atoms with Crippen LogP contribution in [0, 0.1) is 6.92 Å². The van der Waals surface area contributed by atoms with Crippen LogP contribution in [0.1, 0.15) is 18.4 Å². The van der Waals surface area contributed by atoms with E-state index in [0.717, 1.165) is 24.1 Å². The number of amides is 1. The van der Waals surface area contributed by atoms with Gasteiger partial charge >= 0.3 is 6.09 Å². The molecule has 5 heteroatoms. The van der Waals surface area contributed by atoms with E-state index in [4.69, 9.17) is 22.1 Å². The van der Waals surface area contributed by atoms with Crippen LogP contribution in [-0.2, 0) is 4.74 Å². The normalized spacial score (nSPS) is 19.8. The van der Waals surface area contributed by atoms with Crippen molar-refractivity contribution in [1.29, 1.82) is 0 Å². The van der Waals surface area contributed by atoms with Crippen LogP contribution in [-0.4, -0.2) is 25.3 Å². The number of carbonyl (C=O) groups excluding carboxylic acids is 1. The van der Waals surface area contributed by atoms with Gasteiger partial charge in [-0.15, -0.1) is 0 Å². The summed E-state index contributed by atoms with van der Waals surface area (Å²) in [6, 6.07) is 5.60. The number of cyclic esters (lactones) is 1. The Morgan fingerprint density at radius 2 is 2.33 bits per heavy atom.